The number of hydrogen-bond donors (Lipinski definition) is 3. The van der Waals surface area contributed by atoms with Crippen molar-refractivity contribution in [3.63, 3.8) is 0 Å². The third-order valence-corrected chi connectivity index (χ3v) is 4.57. The lowest BCUT2D eigenvalue weighted by Gasteiger charge is -2.10. The number of benzene rings is 1. The van der Waals surface area contributed by atoms with Crippen LogP contribution in [-0.4, -0.2) is 38.0 Å². The van der Waals surface area contributed by atoms with Gasteiger partial charge in [0.1, 0.15) is 22.3 Å². The predicted molar refractivity (Wildman–Crippen MR) is 91.0 cm³/mol. The van der Waals surface area contributed by atoms with Crippen LogP contribution in [0.25, 0.3) is 0 Å². The summed E-state index contributed by atoms with van der Waals surface area (Å²) >= 11 is 0. The molecule has 7 nitrogen and oxygen atoms in total. The van der Waals surface area contributed by atoms with E-state index >= 15 is 0 Å². The van der Waals surface area contributed by atoms with Crippen LogP contribution >= 0.6 is 0 Å². The van der Waals surface area contributed by atoms with E-state index in [1.807, 2.05) is 13.8 Å². The molecule has 1 heterocycles. The normalized spacial score (nSPS) is 11.4. The monoisotopic (exact) mass is 371 g/mol. The van der Waals surface area contributed by atoms with Crippen molar-refractivity contribution in [3.8, 4) is 0 Å². The summed E-state index contributed by atoms with van der Waals surface area (Å²) in [6, 6.07) is 4.04. The molecule has 1 aromatic carbocycles. The van der Waals surface area contributed by atoms with Crippen molar-refractivity contribution >= 4 is 21.8 Å². The van der Waals surface area contributed by atoms with E-state index in [1.54, 1.807) is 6.07 Å². The van der Waals surface area contributed by atoms with Crippen LogP contribution in [0.3, 0.4) is 0 Å². The van der Waals surface area contributed by atoms with Crippen LogP contribution in [-0.2, 0) is 10.0 Å². The zero-order valence-corrected chi connectivity index (χ0v) is 14.6. The molecular weight excluding hydrogens is 352 g/mol. The molecule has 25 heavy (non-hydrogen) atoms. The summed E-state index contributed by atoms with van der Waals surface area (Å²) < 4.78 is 53.0. The summed E-state index contributed by atoms with van der Waals surface area (Å²) in [7, 11) is -4.15. The Morgan fingerprint density at radius 1 is 1.08 bits per heavy atom. The molecular formula is C15H19F2N5O2S. The number of aryl methyl sites for hydroxylation is 1. The zero-order chi connectivity index (χ0) is 18.4. The molecule has 0 bridgehead atoms. The van der Waals surface area contributed by atoms with Crippen molar-refractivity contribution in [2.45, 2.75) is 18.7 Å². The molecule has 3 N–H and O–H groups in total. The summed E-state index contributed by atoms with van der Waals surface area (Å²) in [5, 5.41) is 5.93. The molecule has 0 aliphatic heterocycles. The lowest BCUT2D eigenvalue weighted by molar-refractivity contribution is 0.546. The molecule has 0 fully saturated rings. The van der Waals surface area contributed by atoms with Gasteiger partial charge in [-0.15, -0.1) is 0 Å². The lowest BCUT2D eigenvalue weighted by atomic mass is 10.3. The first-order chi connectivity index (χ1) is 11.8. The van der Waals surface area contributed by atoms with Crippen molar-refractivity contribution in [1.29, 1.82) is 0 Å². The van der Waals surface area contributed by atoms with Crippen LogP contribution in [0.5, 0.6) is 0 Å². The van der Waals surface area contributed by atoms with E-state index in [0.29, 0.717) is 24.4 Å². The molecule has 0 atom stereocenters. The van der Waals surface area contributed by atoms with E-state index in [1.165, 1.54) is 0 Å². The highest BCUT2D eigenvalue weighted by atomic mass is 32.2. The SMILES string of the molecule is CCNc1cc(C)nc(NCCNS(=O)(=O)c2cc(F)ccc2F)n1. The molecule has 136 valence electrons. The largest absolute Gasteiger partial charge is 0.370 e. The van der Waals surface area contributed by atoms with Gasteiger partial charge in [0.05, 0.1) is 0 Å². The average Bonchev–Trinajstić information content (AvgIpc) is 2.54. The van der Waals surface area contributed by atoms with Crippen molar-refractivity contribution in [1.82, 2.24) is 14.7 Å². The van der Waals surface area contributed by atoms with E-state index in [2.05, 4.69) is 25.3 Å². The zero-order valence-electron chi connectivity index (χ0n) is 13.8. The van der Waals surface area contributed by atoms with Crippen LogP contribution in [0, 0.1) is 18.6 Å². The Balaban J connectivity index is 1.95. The number of nitrogens with one attached hydrogen (secondary N) is 3. The molecule has 0 radical (unpaired) electrons. The molecule has 2 rings (SSSR count). The second-order valence-electron chi connectivity index (χ2n) is 5.15. The Hall–Kier alpha value is -2.33. The van der Waals surface area contributed by atoms with E-state index < -0.39 is 26.6 Å². The number of rotatable bonds is 8. The second-order valence-corrected chi connectivity index (χ2v) is 6.88. The van der Waals surface area contributed by atoms with Gasteiger partial charge in [-0.05, 0) is 32.0 Å². The van der Waals surface area contributed by atoms with Gasteiger partial charge < -0.3 is 10.6 Å². The highest BCUT2D eigenvalue weighted by molar-refractivity contribution is 7.89. The molecule has 1 aromatic heterocycles. The topological polar surface area (TPSA) is 96.0 Å². The van der Waals surface area contributed by atoms with Crippen LogP contribution < -0.4 is 15.4 Å². The van der Waals surface area contributed by atoms with E-state index in [4.69, 9.17) is 0 Å². The number of aromatic nitrogens is 2. The number of halogens is 2. The first-order valence-electron chi connectivity index (χ1n) is 7.60. The van der Waals surface area contributed by atoms with Crippen LogP contribution in [0.4, 0.5) is 20.5 Å². The first kappa shape index (κ1) is 19.0. The number of hydrogen-bond acceptors (Lipinski definition) is 6. The molecule has 0 saturated carbocycles. The quantitative estimate of drug-likeness (QED) is 0.613. The van der Waals surface area contributed by atoms with E-state index in [9.17, 15) is 17.2 Å². The van der Waals surface area contributed by atoms with Crippen molar-refractivity contribution in [2.75, 3.05) is 30.3 Å². The molecule has 0 unspecified atom stereocenters. The minimum atomic E-state index is -4.15. The van der Waals surface area contributed by atoms with Crippen LogP contribution in [0.1, 0.15) is 12.6 Å². The lowest BCUT2D eigenvalue weighted by Crippen LogP contribution is -2.30. The second kappa shape index (κ2) is 8.17. The molecule has 0 aliphatic carbocycles. The van der Waals surface area contributed by atoms with Gasteiger partial charge in [0.2, 0.25) is 16.0 Å². The third kappa shape index (κ3) is 5.33. The van der Waals surface area contributed by atoms with Gasteiger partial charge in [0.25, 0.3) is 0 Å². The Morgan fingerprint density at radius 2 is 1.84 bits per heavy atom. The smallest absolute Gasteiger partial charge is 0.243 e. The number of nitrogens with zero attached hydrogens (tertiary/aromatic N) is 2. The van der Waals surface area contributed by atoms with Crippen LogP contribution in [0.15, 0.2) is 29.2 Å². The van der Waals surface area contributed by atoms with Gasteiger partial charge in [0, 0.05) is 31.4 Å². The predicted octanol–water partition coefficient (Wildman–Crippen LogP) is 1.89. The molecule has 0 spiro atoms. The molecule has 0 amide bonds. The van der Waals surface area contributed by atoms with Gasteiger partial charge in [-0.3, -0.25) is 0 Å². The number of anilines is 2. The van der Waals surface area contributed by atoms with Gasteiger partial charge in [-0.1, -0.05) is 0 Å². The molecule has 0 aliphatic rings. The summed E-state index contributed by atoms with van der Waals surface area (Å²) in [5.74, 6) is -0.852. The van der Waals surface area contributed by atoms with Gasteiger partial charge in [-0.2, -0.15) is 4.98 Å². The maximum Gasteiger partial charge on any atom is 0.243 e. The Kier molecular flexibility index (Phi) is 6.21. The maximum absolute atomic E-state index is 13.6. The van der Waals surface area contributed by atoms with Crippen molar-refractivity contribution < 1.29 is 17.2 Å². The summed E-state index contributed by atoms with van der Waals surface area (Å²) in [5.41, 5.74) is 0.746. The maximum atomic E-state index is 13.6. The summed E-state index contributed by atoms with van der Waals surface area (Å²) in [6.45, 7) is 4.57. The highest BCUT2D eigenvalue weighted by Gasteiger charge is 2.19. The van der Waals surface area contributed by atoms with Crippen molar-refractivity contribution in [3.05, 3.63) is 41.6 Å². The minimum Gasteiger partial charge on any atom is -0.370 e. The molecule has 10 heteroatoms. The van der Waals surface area contributed by atoms with Gasteiger partial charge >= 0.3 is 0 Å². The Morgan fingerprint density at radius 3 is 2.56 bits per heavy atom. The summed E-state index contributed by atoms with van der Waals surface area (Å²) in [6.07, 6.45) is 0. The van der Waals surface area contributed by atoms with E-state index in [-0.39, 0.29) is 13.1 Å². The Labute approximate surface area is 144 Å². The molecule has 2 aromatic rings. The summed E-state index contributed by atoms with van der Waals surface area (Å²) in [4.78, 5) is 7.68. The van der Waals surface area contributed by atoms with Gasteiger partial charge in [-0.25, -0.2) is 26.9 Å². The van der Waals surface area contributed by atoms with Crippen LogP contribution in [0.2, 0.25) is 0 Å². The minimum absolute atomic E-state index is 0.0495. The fourth-order valence-electron chi connectivity index (χ4n) is 2.04. The highest BCUT2D eigenvalue weighted by Crippen LogP contribution is 2.15. The fraction of sp³-hybridized carbons (Fsp3) is 0.333. The Bertz CT molecular complexity index is 846. The standard InChI is InChI=1S/C15H19F2N5O2S/c1-3-18-14-8-10(2)21-15(22-14)19-6-7-20-25(23,24)13-9-11(16)4-5-12(13)17/h4-5,8-9,20H,3,6-7H2,1-2H3,(H2,18,19,21,22). The van der Waals surface area contributed by atoms with Crippen molar-refractivity contribution in [2.24, 2.45) is 0 Å². The first-order valence-corrected chi connectivity index (χ1v) is 9.08. The van der Waals surface area contributed by atoms with E-state index in [0.717, 1.165) is 17.8 Å². The molecule has 0 saturated heterocycles. The average molecular weight is 371 g/mol. The number of sulfonamides is 1. The third-order valence-electron chi connectivity index (χ3n) is 3.10. The fourth-order valence-corrected chi connectivity index (χ4v) is 3.16. The van der Waals surface area contributed by atoms with Gasteiger partial charge in [0.15, 0.2) is 0 Å².